The topological polar surface area (TPSA) is 66.5 Å². The molecule has 0 unspecified atom stereocenters. The predicted octanol–water partition coefficient (Wildman–Crippen LogP) is 3.65. The van der Waals surface area contributed by atoms with E-state index in [2.05, 4.69) is 4.72 Å². The summed E-state index contributed by atoms with van der Waals surface area (Å²) >= 11 is 0. The lowest BCUT2D eigenvalue weighted by Gasteiger charge is -2.18. The molecule has 6 heteroatoms. The molecule has 1 aliphatic rings. The number of hydrogen-bond donors (Lipinski definition) is 1. The third-order valence-corrected chi connectivity index (χ3v) is 6.21. The van der Waals surface area contributed by atoms with E-state index >= 15 is 0 Å². The Labute approximate surface area is 155 Å². The summed E-state index contributed by atoms with van der Waals surface area (Å²) in [5.41, 5.74) is 3.54. The molecule has 0 atom stereocenters. The second-order valence-electron chi connectivity index (χ2n) is 6.85. The zero-order valence-corrected chi connectivity index (χ0v) is 16.2. The van der Waals surface area contributed by atoms with Gasteiger partial charge in [-0.25, -0.2) is 8.42 Å². The Morgan fingerprint density at radius 3 is 2.19 bits per heavy atom. The summed E-state index contributed by atoms with van der Waals surface area (Å²) in [5, 5.41) is 0. The van der Waals surface area contributed by atoms with Crippen LogP contribution >= 0.6 is 0 Å². The molecule has 5 nitrogen and oxygen atoms in total. The monoisotopic (exact) mass is 372 g/mol. The van der Waals surface area contributed by atoms with Crippen LogP contribution in [0.5, 0.6) is 0 Å². The molecule has 1 amide bonds. The zero-order valence-electron chi connectivity index (χ0n) is 15.4. The van der Waals surface area contributed by atoms with Crippen molar-refractivity contribution in [3.8, 4) is 0 Å². The molecule has 0 radical (unpaired) electrons. The maximum atomic E-state index is 12.9. The highest BCUT2D eigenvalue weighted by atomic mass is 32.2. The van der Waals surface area contributed by atoms with Crippen LogP contribution in [-0.4, -0.2) is 32.3 Å². The first-order valence-electron chi connectivity index (χ1n) is 8.78. The lowest BCUT2D eigenvalue weighted by molar-refractivity contribution is 0.0792. The molecular formula is C20H24N2O3S. The van der Waals surface area contributed by atoms with Gasteiger partial charge in [-0.1, -0.05) is 24.3 Å². The predicted molar refractivity (Wildman–Crippen MR) is 103 cm³/mol. The standard InChI is InChI=1S/C20H24N2O3S/c1-14-9-10-17(13-18(14)20(23)22-11-4-5-12-22)26(24,25)21-19-15(2)7-6-8-16(19)3/h6-10,13,21H,4-5,11-12H2,1-3H3. The van der Waals surface area contributed by atoms with E-state index in [4.69, 9.17) is 0 Å². The number of carbonyl (C=O) groups is 1. The van der Waals surface area contributed by atoms with E-state index in [1.807, 2.05) is 39.0 Å². The minimum atomic E-state index is -3.78. The van der Waals surface area contributed by atoms with Crippen LogP contribution in [0, 0.1) is 20.8 Å². The van der Waals surface area contributed by atoms with Crippen LogP contribution in [-0.2, 0) is 10.0 Å². The van der Waals surface area contributed by atoms with Gasteiger partial charge in [0.05, 0.1) is 10.6 Å². The molecule has 0 aliphatic carbocycles. The smallest absolute Gasteiger partial charge is 0.261 e. The van der Waals surface area contributed by atoms with Crippen LogP contribution in [0.2, 0.25) is 0 Å². The SMILES string of the molecule is Cc1ccc(S(=O)(=O)Nc2c(C)cccc2C)cc1C(=O)N1CCCC1. The van der Waals surface area contributed by atoms with Gasteiger partial charge in [0.25, 0.3) is 15.9 Å². The van der Waals surface area contributed by atoms with Crippen LogP contribution in [0.25, 0.3) is 0 Å². The number of carbonyl (C=O) groups excluding carboxylic acids is 1. The van der Waals surface area contributed by atoms with Crippen LogP contribution in [0.1, 0.15) is 39.9 Å². The van der Waals surface area contributed by atoms with E-state index in [1.54, 1.807) is 17.0 Å². The number of anilines is 1. The number of nitrogens with zero attached hydrogens (tertiary/aromatic N) is 1. The summed E-state index contributed by atoms with van der Waals surface area (Å²) in [6, 6.07) is 10.4. The minimum absolute atomic E-state index is 0.0934. The van der Waals surface area contributed by atoms with Crippen molar-refractivity contribution in [1.29, 1.82) is 0 Å². The van der Waals surface area contributed by atoms with Crippen molar-refractivity contribution in [3.63, 3.8) is 0 Å². The molecule has 1 heterocycles. The second kappa shape index (κ2) is 7.11. The Hall–Kier alpha value is -2.34. The highest BCUT2D eigenvalue weighted by Gasteiger charge is 2.24. The third-order valence-electron chi connectivity index (χ3n) is 4.86. The van der Waals surface area contributed by atoms with Crippen LogP contribution in [0.3, 0.4) is 0 Å². The first-order valence-corrected chi connectivity index (χ1v) is 10.3. The number of rotatable bonds is 4. The molecular weight excluding hydrogens is 348 g/mol. The summed E-state index contributed by atoms with van der Waals surface area (Å²) in [5.74, 6) is -0.0934. The second-order valence-corrected chi connectivity index (χ2v) is 8.53. The van der Waals surface area contributed by atoms with Crippen LogP contribution in [0.4, 0.5) is 5.69 Å². The normalized spacial score (nSPS) is 14.5. The number of aryl methyl sites for hydroxylation is 3. The Balaban J connectivity index is 1.95. The van der Waals surface area contributed by atoms with Gasteiger partial charge in [-0.05, 0) is 62.4 Å². The fourth-order valence-corrected chi connectivity index (χ4v) is 4.49. The molecule has 138 valence electrons. The number of likely N-dealkylation sites (tertiary alicyclic amines) is 1. The summed E-state index contributed by atoms with van der Waals surface area (Å²) in [4.78, 5) is 14.6. The molecule has 2 aromatic carbocycles. The number of hydrogen-bond acceptors (Lipinski definition) is 3. The molecule has 26 heavy (non-hydrogen) atoms. The van der Waals surface area contributed by atoms with E-state index in [0.29, 0.717) is 11.3 Å². The van der Waals surface area contributed by atoms with Crippen molar-refractivity contribution >= 4 is 21.6 Å². The molecule has 1 fully saturated rings. The van der Waals surface area contributed by atoms with E-state index in [0.717, 1.165) is 42.6 Å². The fraction of sp³-hybridized carbons (Fsp3) is 0.350. The third kappa shape index (κ3) is 3.60. The van der Waals surface area contributed by atoms with Crippen molar-refractivity contribution in [2.45, 2.75) is 38.5 Å². The average Bonchev–Trinajstić information content (AvgIpc) is 3.12. The summed E-state index contributed by atoms with van der Waals surface area (Å²) < 4.78 is 28.4. The molecule has 1 N–H and O–H groups in total. The number of amides is 1. The Bertz CT molecular complexity index is 925. The van der Waals surface area contributed by atoms with Gasteiger partial charge in [0.2, 0.25) is 0 Å². The van der Waals surface area contributed by atoms with Gasteiger partial charge in [-0.3, -0.25) is 9.52 Å². The van der Waals surface area contributed by atoms with Crippen molar-refractivity contribution in [1.82, 2.24) is 4.90 Å². The summed E-state index contributed by atoms with van der Waals surface area (Å²) in [6.45, 7) is 7.02. The quantitative estimate of drug-likeness (QED) is 0.891. The molecule has 3 rings (SSSR count). The van der Waals surface area contributed by atoms with E-state index < -0.39 is 10.0 Å². The van der Waals surface area contributed by atoms with E-state index in [9.17, 15) is 13.2 Å². The van der Waals surface area contributed by atoms with E-state index in [1.165, 1.54) is 6.07 Å². The summed E-state index contributed by atoms with van der Waals surface area (Å²) in [6.07, 6.45) is 1.99. The lowest BCUT2D eigenvalue weighted by atomic mass is 10.1. The number of sulfonamides is 1. The first kappa shape index (κ1) is 18.5. The molecule has 0 bridgehead atoms. The molecule has 1 saturated heterocycles. The van der Waals surface area contributed by atoms with Crippen LogP contribution in [0.15, 0.2) is 41.3 Å². The molecule has 0 aromatic heterocycles. The molecule has 0 spiro atoms. The first-order chi connectivity index (χ1) is 12.3. The van der Waals surface area contributed by atoms with Crippen molar-refractivity contribution in [2.75, 3.05) is 17.8 Å². The Kier molecular flexibility index (Phi) is 5.05. The van der Waals surface area contributed by atoms with Gasteiger partial charge in [0.15, 0.2) is 0 Å². The van der Waals surface area contributed by atoms with Crippen molar-refractivity contribution in [3.05, 3.63) is 58.7 Å². The number of para-hydroxylation sites is 1. The van der Waals surface area contributed by atoms with Gasteiger partial charge >= 0.3 is 0 Å². The molecule has 2 aromatic rings. The molecule has 0 saturated carbocycles. The summed E-state index contributed by atoms with van der Waals surface area (Å²) in [7, 11) is -3.78. The maximum absolute atomic E-state index is 12.9. The average molecular weight is 372 g/mol. The van der Waals surface area contributed by atoms with Crippen molar-refractivity contribution in [2.24, 2.45) is 0 Å². The Morgan fingerprint density at radius 1 is 0.962 bits per heavy atom. The fourth-order valence-electron chi connectivity index (χ4n) is 3.26. The van der Waals surface area contributed by atoms with Gasteiger partial charge < -0.3 is 4.90 Å². The van der Waals surface area contributed by atoms with Gasteiger partial charge in [-0.2, -0.15) is 0 Å². The highest BCUT2D eigenvalue weighted by molar-refractivity contribution is 7.92. The number of nitrogens with one attached hydrogen (secondary N) is 1. The van der Waals surface area contributed by atoms with Gasteiger partial charge in [0.1, 0.15) is 0 Å². The minimum Gasteiger partial charge on any atom is -0.339 e. The largest absolute Gasteiger partial charge is 0.339 e. The van der Waals surface area contributed by atoms with Crippen molar-refractivity contribution < 1.29 is 13.2 Å². The van der Waals surface area contributed by atoms with Gasteiger partial charge in [-0.15, -0.1) is 0 Å². The molecule has 1 aliphatic heterocycles. The van der Waals surface area contributed by atoms with Gasteiger partial charge in [0, 0.05) is 18.7 Å². The Morgan fingerprint density at radius 2 is 1.58 bits per heavy atom. The van der Waals surface area contributed by atoms with Crippen LogP contribution < -0.4 is 4.72 Å². The zero-order chi connectivity index (χ0) is 18.9. The number of benzene rings is 2. The highest BCUT2D eigenvalue weighted by Crippen LogP contribution is 2.25. The lowest BCUT2D eigenvalue weighted by Crippen LogP contribution is -2.28. The van der Waals surface area contributed by atoms with E-state index in [-0.39, 0.29) is 10.8 Å². The maximum Gasteiger partial charge on any atom is 0.261 e.